The molecule has 5 heteroatoms. The summed E-state index contributed by atoms with van der Waals surface area (Å²) in [5.41, 5.74) is 3.83. The van der Waals surface area contributed by atoms with Crippen LogP contribution in [0.15, 0.2) is 47.1 Å². The van der Waals surface area contributed by atoms with Gasteiger partial charge in [0.05, 0.1) is 5.02 Å². The monoisotopic (exact) mass is 362 g/mol. The third-order valence-corrected chi connectivity index (χ3v) is 5.30. The number of carboxylic acids is 1. The van der Waals surface area contributed by atoms with Gasteiger partial charge in [0.25, 0.3) is 0 Å². The van der Waals surface area contributed by atoms with Gasteiger partial charge in [0.1, 0.15) is 11.3 Å². The molecular formula is C19H19ClO3S. The number of allylic oxidation sites excluding steroid dienone is 1. The maximum atomic E-state index is 11.5. The fourth-order valence-corrected chi connectivity index (χ4v) is 3.90. The fraction of sp³-hybridized carbons (Fsp3) is 0.211. The molecule has 3 nitrogen and oxygen atoms in total. The summed E-state index contributed by atoms with van der Waals surface area (Å²) in [6.45, 7) is 5.45. The van der Waals surface area contributed by atoms with Gasteiger partial charge in [-0.25, -0.2) is 4.79 Å². The molecule has 0 aliphatic carbocycles. The number of halogens is 1. The molecule has 0 heterocycles. The van der Waals surface area contributed by atoms with Gasteiger partial charge in [0.2, 0.25) is 0 Å². The molecule has 0 spiro atoms. The number of benzene rings is 2. The van der Waals surface area contributed by atoms with Crippen molar-refractivity contribution in [3.05, 3.63) is 69.4 Å². The van der Waals surface area contributed by atoms with Crippen LogP contribution in [0.5, 0.6) is 0 Å². The highest BCUT2D eigenvalue weighted by Gasteiger charge is 2.20. The predicted octanol–water partition coefficient (Wildman–Crippen LogP) is 5.62. The van der Waals surface area contributed by atoms with Crippen LogP contribution in [0.1, 0.15) is 29.2 Å². The lowest BCUT2D eigenvalue weighted by molar-refractivity contribution is -0.130. The van der Waals surface area contributed by atoms with Crippen molar-refractivity contribution in [1.29, 1.82) is 0 Å². The molecule has 2 N–H and O–H groups in total. The molecule has 0 aromatic heterocycles. The van der Waals surface area contributed by atoms with Gasteiger partial charge in [-0.15, -0.1) is 11.8 Å². The number of hydrogen-bond acceptors (Lipinski definition) is 3. The second-order valence-electron chi connectivity index (χ2n) is 5.60. The second kappa shape index (κ2) is 7.77. The SMILES string of the molecule is C/C(O)=C(\C(=O)O)c1cccc(Cl)c1SCc1cc(C)ccc1C. The molecule has 24 heavy (non-hydrogen) atoms. The molecule has 0 atom stereocenters. The van der Waals surface area contributed by atoms with Crippen LogP contribution in [0.25, 0.3) is 5.57 Å². The molecule has 0 unspecified atom stereocenters. The Balaban J connectivity index is 2.42. The summed E-state index contributed by atoms with van der Waals surface area (Å²) in [6, 6.07) is 11.3. The van der Waals surface area contributed by atoms with Gasteiger partial charge in [-0.3, -0.25) is 0 Å². The minimum absolute atomic E-state index is 0.124. The van der Waals surface area contributed by atoms with E-state index in [4.69, 9.17) is 11.6 Å². The first-order chi connectivity index (χ1) is 11.3. The summed E-state index contributed by atoms with van der Waals surface area (Å²) in [7, 11) is 0. The van der Waals surface area contributed by atoms with E-state index in [1.54, 1.807) is 18.2 Å². The number of aryl methyl sites for hydroxylation is 2. The van der Waals surface area contributed by atoms with Gasteiger partial charge in [0.15, 0.2) is 0 Å². The largest absolute Gasteiger partial charge is 0.512 e. The van der Waals surface area contributed by atoms with Crippen molar-refractivity contribution in [3.63, 3.8) is 0 Å². The molecular weight excluding hydrogens is 344 g/mol. The van der Waals surface area contributed by atoms with Crippen LogP contribution in [-0.2, 0) is 10.5 Å². The van der Waals surface area contributed by atoms with Crippen molar-refractivity contribution in [3.8, 4) is 0 Å². The van der Waals surface area contributed by atoms with E-state index in [1.165, 1.54) is 35.4 Å². The molecule has 0 aliphatic heterocycles. The molecule has 0 radical (unpaired) electrons. The number of carbonyl (C=O) groups is 1. The molecule has 0 amide bonds. The Kier molecular flexibility index (Phi) is 5.97. The van der Waals surface area contributed by atoms with Crippen LogP contribution in [-0.4, -0.2) is 16.2 Å². The van der Waals surface area contributed by atoms with Gasteiger partial charge in [-0.05, 0) is 38.0 Å². The topological polar surface area (TPSA) is 57.5 Å². The first-order valence-electron chi connectivity index (χ1n) is 7.42. The summed E-state index contributed by atoms with van der Waals surface area (Å²) < 4.78 is 0. The lowest BCUT2D eigenvalue weighted by Gasteiger charge is -2.13. The summed E-state index contributed by atoms with van der Waals surface area (Å²) in [4.78, 5) is 12.2. The Bertz CT molecular complexity index is 808. The van der Waals surface area contributed by atoms with Crippen LogP contribution in [0.4, 0.5) is 0 Å². The number of carboxylic acid groups (broad SMARTS) is 1. The number of thioether (sulfide) groups is 1. The molecule has 0 saturated heterocycles. The predicted molar refractivity (Wildman–Crippen MR) is 99.8 cm³/mol. The first kappa shape index (κ1) is 18.4. The standard InChI is InChI=1S/C19H19ClO3S/c1-11-7-8-12(2)14(9-11)10-24-18-15(5-4-6-16(18)20)17(13(3)21)19(22)23/h4-9,21H,10H2,1-3H3,(H,22,23)/b17-13+. The van der Waals surface area contributed by atoms with Crippen molar-refractivity contribution in [1.82, 2.24) is 0 Å². The van der Waals surface area contributed by atoms with E-state index in [-0.39, 0.29) is 11.3 Å². The number of aliphatic hydroxyl groups is 1. The number of aliphatic carboxylic acids is 1. The molecule has 126 valence electrons. The van der Waals surface area contributed by atoms with Crippen LogP contribution in [0.3, 0.4) is 0 Å². The highest BCUT2D eigenvalue weighted by Crippen LogP contribution is 2.37. The summed E-state index contributed by atoms with van der Waals surface area (Å²) >= 11 is 7.77. The lowest BCUT2D eigenvalue weighted by atomic mass is 10.1. The minimum atomic E-state index is -1.18. The number of hydrogen-bond donors (Lipinski definition) is 2. The average molecular weight is 363 g/mol. The number of aliphatic hydroxyl groups excluding tert-OH is 1. The molecule has 2 rings (SSSR count). The summed E-state index contributed by atoms with van der Waals surface area (Å²) in [6.07, 6.45) is 0. The highest BCUT2D eigenvalue weighted by molar-refractivity contribution is 7.98. The molecule has 2 aromatic rings. The zero-order chi connectivity index (χ0) is 17.9. The zero-order valence-corrected chi connectivity index (χ0v) is 15.3. The van der Waals surface area contributed by atoms with E-state index in [0.717, 1.165) is 0 Å². The van der Waals surface area contributed by atoms with Crippen molar-refractivity contribution in [2.24, 2.45) is 0 Å². The third kappa shape index (κ3) is 4.13. The molecule has 0 fully saturated rings. The van der Waals surface area contributed by atoms with E-state index in [1.807, 2.05) is 13.8 Å². The third-order valence-electron chi connectivity index (χ3n) is 3.69. The number of rotatable bonds is 5. The van der Waals surface area contributed by atoms with Crippen molar-refractivity contribution >= 4 is 34.9 Å². The van der Waals surface area contributed by atoms with Crippen LogP contribution in [0.2, 0.25) is 5.02 Å². The van der Waals surface area contributed by atoms with E-state index in [2.05, 4.69) is 18.2 Å². The smallest absolute Gasteiger partial charge is 0.339 e. The Morgan fingerprint density at radius 1 is 1.17 bits per heavy atom. The first-order valence-corrected chi connectivity index (χ1v) is 8.78. The Morgan fingerprint density at radius 3 is 2.50 bits per heavy atom. The van der Waals surface area contributed by atoms with Crippen molar-refractivity contribution in [2.45, 2.75) is 31.4 Å². The Morgan fingerprint density at radius 2 is 1.88 bits per heavy atom. The van der Waals surface area contributed by atoms with E-state index in [0.29, 0.717) is 21.2 Å². The lowest BCUT2D eigenvalue weighted by Crippen LogP contribution is -2.04. The summed E-state index contributed by atoms with van der Waals surface area (Å²) in [5.74, 6) is -0.744. The molecule has 0 bridgehead atoms. The van der Waals surface area contributed by atoms with Gasteiger partial charge in [-0.2, -0.15) is 0 Å². The minimum Gasteiger partial charge on any atom is -0.512 e. The molecule has 2 aromatic carbocycles. The van der Waals surface area contributed by atoms with E-state index in [9.17, 15) is 15.0 Å². The Hall–Kier alpha value is -1.91. The maximum Gasteiger partial charge on any atom is 0.339 e. The maximum absolute atomic E-state index is 11.5. The highest BCUT2D eigenvalue weighted by atomic mass is 35.5. The normalized spacial score (nSPS) is 12.0. The van der Waals surface area contributed by atoms with Gasteiger partial charge < -0.3 is 10.2 Å². The van der Waals surface area contributed by atoms with Gasteiger partial charge >= 0.3 is 5.97 Å². The molecule has 0 saturated carbocycles. The summed E-state index contributed by atoms with van der Waals surface area (Å²) in [5, 5.41) is 19.6. The van der Waals surface area contributed by atoms with Gasteiger partial charge in [0, 0.05) is 16.2 Å². The van der Waals surface area contributed by atoms with E-state index < -0.39 is 5.97 Å². The van der Waals surface area contributed by atoms with Crippen LogP contribution >= 0.6 is 23.4 Å². The van der Waals surface area contributed by atoms with Crippen molar-refractivity contribution < 1.29 is 15.0 Å². The quantitative estimate of drug-likeness (QED) is 0.411. The zero-order valence-electron chi connectivity index (χ0n) is 13.8. The fourth-order valence-electron chi connectivity index (χ4n) is 2.42. The Labute approximate surface area is 151 Å². The van der Waals surface area contributed by atoms with Crippen LogP contribution in [0, 0.1) is 13.8 Å². The average Bonchev–Trinajstić information content (AvgIpc) is 2.49. The van der Waals surface area contributed by atoms with E-state index >= 15 is 0 Å². The van der Waals surface area contributed by atoms with Crippen molar-refractivity contribution in [2.75, 3.05) is 0 Å². The van der Waals surface area contributed by atoms with Crippen LogP contribution < -0.4 is 0 Å². The molecule has 0 aliphatic rings. The van der Waals surface area contributed by atoms with Gasteiger partial charge in [-0.1, -0.05) is 47.5 Å². The second-order valence-corrected chi connectivity index (χ2v) is 6.99.